The number of esters is 1. The van der Waals surface area contributed by atoms with Gasteiger partial charge in [0.25, 0.3) is 0 Å². The summed E-state index contributed by atoms with van der Waals surface area (Å²) < 4.78 is 5.18. The van der Waals surface area contributed by atoms with Crippen molar-refractivity contribution in [1.82, 2.24) is 5.43 Å². The van der Waals surface area contributed by atoms with Crippen molar-refractivity contribution < 1.29 is 29.6 Å². The summed E-state index contributed by atoms with van der Waals surface area (Å²) in [6.07, 6.45) is 8.02. The fraction of sp³-hybridized carbons (Fsp3) is 0.792. The lowest BCUT2D eigenvalue weighted by atomic mass is 9.41. The van der Waals surface area contributed by atoms with Crippen LogP contribution in [0.25, 0.3) is 0 Å². The Hall–Kier alpha value is -1.97. The molecule has 0 spiro atoms. The monoisotopic (exact) mass is 461 g/mol. The maximum atomic E-state index is 12.3. The number of ether oxygens (including phenoxy) is 1. The number of primary amides is 1. The summed E-state index contributed by atoms with van der Waals surface area (Å²) in [5, 5.41) is 38.6. The Morgan fingerprint density at radius 1 is 1.18 bits per heavy atom. The molecule has 9 heteroatoms. The van der Waals surface area contributed by atoms with Gasteiger partial charge in [0.15, 0.2) is 0 Å². The van der Waals surface area contributed by atoms with Gasteiger partial charge in [0, 0.05) is 29.5 Å². The SMILES string of the molecule is CC12CC[C@H]3[C@@H](CCC4(O)C[C@H](O)CCC34C=NNC(N)=O)C1(O)CCC2C1=CC(=O)OC1. The molecule has 9 nitrogen and oxygen atoms in total. The molecule has 0 aromatic rings. The smallest absolute Gasteiger partial charge is 0.332 e. The van der Waals surface area contributed by atoms with Crippen LogP contribution in [-0.2, 0) is 9.53 Å². The standard InChI is InChI=1S/C24H35N3O6/c1-21-6-3-17-18(24(21,32)9-5-16(21)14-10-19(29)33-12-14)4-8-23(31)11-15(28)2-7-22(17,23)13-26-27-20(25)30/h10,13,15-18,28,31-32H,2-9,11-12H2,1H3,(H3,25,27,30)/t15-,16?,17+,18-,21?,22?,23?,24?/m1/s1. The molecule has 8 atom stereocenters. The number of hydrogen-bond acceptors (Lipinski definition) is 7. The van der Waals surface area contributed by atoms with Crippen LogP contribution in [0.2, 0.25) is 0 Å². The van der Waals surface area contributed by atoms with Crippen molar-refractivity contribution in [1.29, 1.82) is 0 Å². The van der Waals surface area contributed by atoms with Crippen LogP contribution in [0.15, 0.2) is 16.8 Å². The summed E-state index contributed by atoms with van der Waals surface area (Å²) in [5.41, 5.74) is 5.21. The van der Waals surface area contributed by atoms with E-state index in [0.29, 0.717) is 38.7 Å². The molecule has 182 valence electrons. The summed E-state index contributed by atoms with van der Waals surface area (Å²) in [7, 11) is 0. The lowest BCUT2D eigenvalue weighted by Crippen LogP contribution is -2.68. The van der Waals surface area contributed by atoms with Crippen LogP contribution < -0.4 is 11.2 Å². The van der Waals surface area contributed by atoms with E-state index in [-0.39, 0.29) is 35.6 Å². The number of aliphatic hydroxyl groups is 3. The third-order valence-electron chi connectivity index (χ3n) is 10.1. The maximum absolute atomic E-state index is 12.3. The maximum Gasteiger partial charge on any atom is 0.332 e. The van der Waals surface area contributed by atoms with Crippen LogP contribution >= 0.6 is 0 Å². The van der Waals surface area contributed by atoms with Crippen LogP contribution in [0, 0.1) is 28.6 Å². The average Bonchev–Trinajstić information content (AvgIpc) is 3.28. The van der Waals surface area contributed by atoms with E-state index >= 15 is 0 Å². The van der Waals surface area contributed by atoms with Crippen molar-refractivity contribution in [2.24, 2.45) is 39.4 Å². The number of hydrazone groups is 1. The number of carbonyl (C=O) groups is 2. The lowest BCUT2D eigenvalue weighted by molar-refractivity contribution is -0.237. The molecule has 0 radical (unpaired) electrons. The molecule has 5 unspecified atom stereocenters. The Morgan fingerprint density at radius 2 is 1.94 bits per heavy atom. The minimum atomic E-state index is -1.16. The van der Waals surface area contributed by atoms with Gasteiger partial charge in [-0.1, -0.05) is 6.92 Å². The van der Waals surface area contributed by atoms with Crippen LogP contribution in [0.3, 0.4) is 0 Å². The predicted octanol–water partition coefficient (Wildman–Crippen LogP) is 1.35. The highest BCUT2D eigenvalue weighted by Crippen LogP contribution is 2.70. The number of nitrogens with one attached hydrogen (secondary N) is 1. The summed E-state index contributed by atoms with van der Waals surface area (Å²) in [5.74, 6) is -0.326. The third kappa shape index (κ3) is 3.12. The molecule has 0 aromatic heterocycles. The van der Waals surface area contributed by atoms with Gasteiger partial charge in [0.1, 0.15) is 6.61 Å². The number of hydrogen-bond donors (Lipinski definition) is 5. The number of aliphatic hydroxyl groups excluding tert-OH is 1. The molecule has 1 aliphatic heterocycles. The fourth-order valence-corrected chi connectivity index (χ4v) is 8.57. The number of amides is 2. The second kappa shape index (κ2) is 7.52. The minimum Gasteiger partial charge on any atom is -0.458 e. The van der Waals surface area contributed by atoms with Gasteiger partial charge >= 0.3 is 12.0 Å². The van der Waals surface area contributed by atoms with Gasteiger partial charge in [-0.2, -0.15) is 5.10 Å². The van der Waals surface area contributed by atoms with E-state index in [1.165, 1.54) is 0 Å². The molecule has 5 rings (SSSR count). The number of nitrogens with two attached hydrogens (primary N) is 1. The van der Waals surface area contributed by atoms with Crippen molar-refractivity contribution in [3.63, 3.8) is 0 Å². The topological polar surface area (TPSA) is 154 Å². The molecular formula is C24H35N3O6. The average molecular weight is 462 g/mol. The van der Waals surface area contributed by atoms with Gasteiger partial charge in [-0.05, 0) is 74.7 Å². The van der Waals surface area contributed by atoms with Crippen LogP contribution in [0.4, 0.5) is 4.79 Å². The number of urea groups is 1. The molecule has 0 saturated heterocycles. The number of nitrogens with zero attached hydrogens (tertiary/aromatic N) is 1. The van der Waals surface area contributed by atoms with E-state index in [9.17, 15) is 24.9 Å². The molecule has 4 fully saturated rings. The number of rotatable bonds is 3. The highest BCUT2D eigenvalue weighted by atomic mass is 16.5. The van der Waals surface area contributed by atoms with E-state index in [1.807, 2.05) is 0 Å². The van der Waals surface area contributed by atoms with Crippen molar-refractivity contribution in [3.05, 3.63) is 11.6 Å². The normalized spacial score (nSPS) is 49.1. The Labute approximate surface area is 193 Å². The molecule has 1 heterocycles. The highest BCUT2D eigenvalue weighted by Gasteiger charge is 2.71. The van der Waals surface area contributed by atoms with Gasteiger partial charge < -0.3 is 25.8 Å². The third-order valence-corrected chi connectivity index (χ3v) is 10.1. The number of fused-ring (bicyclic) bond motifs is 5. The molecule has 4 aliphatic carbocycles. The van der Waals surface area contributed by atoms with E-state index in [0.717, 1.165) is 24.8 Å². The van der Waals surface area contributed by atoms with Crippen LogP contribution in [0.5, 0.6) is 0 Å². The Kier molecular flexibility index (Phi) is 5.19. The quantitative estimate of drug-likeness (QED) is 0.243. The highest BCUT2D eigenvalue weighted by molar-refractivity contribution is 5.85. The summed E-state index contributed by atoms with van der Waals surface area (Å²) in [6.45, 7) is 2.45. The molecule has 4 saturated carbocycles. The van der Waals surface area contributed by atoms with E-state index in [4.69, 9.17) is 10.5 Å². The predicted molar refractivity (Wildman–Crippen MR) is 119 cm³/mol. The zero-order valence-corrected chi connectivity index (χ0v) is 19.1. The molecule has 2 amide bonds. The zero-order chi connectivity index (χ0) is 23.6. The molecule has 5 aliphatic rings. The van der Waals surface area contributed by atoms with Gasteiger partial charge in [-0.15, -0.1) is 0 Å². The van der Waals surface area contributed by atoms with E-state index in [2.05, 4.69) is 17.5 Å². The van der Waals surface area contributed by atoms with E-state index in [1.54, 1.807) is 12.3 Å². The van der Waals surface area contributed by atoms with Crippen molar-refractivity contribution >= 4 is 18.2 Å². The van der Waals surface area contributed by atoms with Crippen LogP contribution in [-0.4, -0.2) is 57.4 Å². The molecule has 0 bridgehead atoms. The molecule has 0 aromatic carbocycles. The van der Waals surface area contributed by atoms with Crippen LogP contribution in [0.1, 0.15) is 64.7 Å². The molecular weight excluding hydrogens is 426 g/mol. The summed E-state index contributed by atoms with van der Waals surface area (Å²) >= 11 is 0. The van der Waals surface area contributed by atoms with Crippen molar-refractivity contribution in [2.45, 2.75) is 82.0 Å². The summed E-state index contributed by atoms with van der Waals surface area (Å²) in [6, 6.07) is -0.774. The zero-order valence-electron chi connectivity index (χ0n) is 19.1. The lowest BCUT2D eigenvalue weighted by Gasteiger charge is -2.65. The molecule has 6 N–H and O–H groups in total. The number of cyclic esters (lactones) is 1. The fourth-order valence-electron chi connectivity index (χ4n) is 8.57. The van der Waals surface area contributed by atoms with Gasteiger partial charge in [0.05, 0.1) is 17.3 Å². The van der Waals surface area contributed by atoms with Gasteiger partial charge in [-0.25, -0.2) is 15.0 Å². The second-order valence-electron chi connectivity index (χ2n) is 11.3. The first kappa shape index (κ1) is 22.8. The minimum absolute atomic E-state index is 0.0468. The Bertz CT molecular complexity index is 922. The van der Waals surface area contributed by atoms with Crippen molar-refractivity contribution in [2.75, 3.05) is 6.61 Å². The molecule has 33 heavy (non-hydrogen) atoms. The second-order valence-corrected chi connectivity index (χ2v) is 11.3. The first-order chi connectivity index (χ1) is 15.5. The first-order valence-corrected chi connectivity index (χ1v) is 12.1. The van der Waals surface area contributed by atoms with Gasteiger partial charge in [-0.3, -0.25) is 0 Å². The van der Waals surface area contributed by atoms with E-state index < -0.39 is 28.8 Å². The Balaban J connectivity index is 1.52. The van der Waals surface area contributed by atoms with Crippen molar-refractivity contribution in [3.8, 4) is 0 Å². The largest absolute Gasteiger partial charge is 0.458 e. The number of carbonyl (C=O) groups excluding carboxylic acids is 2. The Morgan fingerprint density at radius 3 is 2.64 bits per heavy atom. The van der Waals surface area contributed by atoms with Gasteiger partial charge in [0.2, 0.25) is 0 Å². The first-order valence-electron chi connectivity index (χ1n) is 12.1. The summed E-state index contributed by atoms with van der Waals surface area (Å²) in [4.78, 5) is 23.0.